The van der Waals surface area contributed by atoms with Gasteiger partial charge in [-0.3, -0.25) is 29.4 Å². The first kappa shape index (κ1) is 37.2. The number of piperazine rings is 1. The zero-order valence-corrected chi connectivity index (χ0v) is 31.7. The van der Waals surface area contributed by atoms with Gasteiger partial charge in [0.2, 0.25) is 11.8 Å². The molecule has 3 aliphatic heterocycles. The lowest BCUT2D eigenvalue weighted by Crippen LogP contribution is -2.74. The summed E-state index contributed by atoms with van der Waals surface area (Å²) < 4.78 is 12.4. The van der Waals surface area contributed by atoms with E-state index in [9.17, 15) is 24.4 Å². The minimum absolute atomic E-state index is 0.128. The average Bonchev–Trinajstić information content (AvgIpc) is 3.47. The molecule has 0 bridgehead atoms. The van der Waals surface area contributed by atoms with Gasteiger partial charge in [0.1, 0.15) is 36.3 Å². The lowest BCUT2D eigenvalue weighted by Gasteiger charge is -2.63. The number of piperidine rings is 1. The number of amides is 4. The van der Waals surface area contributed by atoms with Crippen molar-refractivity contribution < 1.29 is 28.7 Å². The van der Waals surface area contributed by atoms with Gasteiger partial charge in [-0.1, -0.05) is 45.4 Å². The van der Waals surface area contributed by atoms with E-state index in [0.29, 0.717) is 52.8 Å². The van der Waals surface area contributed by atoms with E-state index in [2.05, 4.69) is 54.2 Å². The van der Waals surface area contributed by atoms with Gasteiger partial charge >= 0.3 is 0 Å². The minimum Gasteiger partial charge on any atom is -0.492 e. The Hall–Kier alpha value is -5.12. The first-order valence-corrected chi connectivity index (χ1v) is 18.8. The number of halogens is 1. The number of hydrogen-bond donors (Lipinski definition) is 2. The summed E-state index contributed by atoms with van der Waals surface area (Å²) in [5, 5.41) is 15.1. The van der Waals surface area contributed by atoms with Crippen molar-refractivity contribution in [3.05, 3.63) is 87.9 Å². The molecule has 0 spiro atoms. The van der Waals surface area contributed by atoms with Gasteiger partial charge in [0.15, 0.2) is 0 Å². The van der Waals surface area contributed by atoms with E-state index in [0.717, 1.165) is 44.0 Å². The average molecular weight is 753 g/mol. The normalized spacial score (nSPS) is 23.2. The van der Waals surface area contributed by atoms with E-state index >= 15 is 0 Å². The Morgan fingerprint density at radius 1 is 0.963 bits per heavy atom. The molecule has 4 aliphatic rings. The number of fused-ring (bicyclic) bond motifs is 1. The Morgan fingerprint density at radius 3 is 2.33 bits per heavy atom. The van der Waals surface area contributed by atoms with E-state index < -0.39 is 11.9 Å². The highest BCUT2D eigenvalue weighted by molar-refractivity contribution is 6.31. The minimum atomic E-state index is -0.639. The maximum Gasteiger partial charge on any atom is 0.255 e. The van der Waals surface area contributed by atoms with Crippen LogP contribution in [-0.2, 0) is 16.1 Å². The van der Waals surface area contributed by atoms with Crippen molar-refractivity contribution in [3.63, 3.8) is 0 Å². The van der Waals surface area contributed by atoms with Crippen molar-refractivity contribution in [3.8, 4) is 17.6 Å². The Bertz CT molecular complexity index is 2000. The fourth-order valence-corrected chi connectivity index (χ4v) is 8.99. The van der Waals surface area contributed by atoms with Crippen molar-refractivity contribution in [2.45, 2.75) is 65.3 Å². The van der Waals surface area contributed by atoms with Crippen LogP contribution < -0.4 is 25.0 Å². The van der Waals surface area contributed by atoms with Crippen molar-refractivity contribution in [2.24, 2.45) is 10.8 Å². The van der Waals surface area contributed by atoms with Crippen molar-refractivity contribution >= 4 is 40.9 Å². The van der Waals surface area contributed by atoms with Gasteiger partial charge in [0.05, 0.1) is 10.6 Å². The summed E-state index contributed by atoms with van der Waals surface area (Å²) >= 11 is 6.24. The molecule has 2 N–H and O–H groups in total. The smallest absolute Gasteiger partial charge is 0.255 e. The molecule has 282 valence electrons. The highest BCUT2D eigenvalue weighted by Crippen LogP contribution is 2.55. The van der Waals surface area contributed by atoms with Crippen LogP contribution in [0.4, 0.5) is 5.69 Å². The molecule has 54 heavy (non-hydrogen) atoms. The van der Waals surface area contributed by atoms with Crippen LogP contribution in [0.3, 0.4) is 0 Å². The SMILES string of the molecule is CC1(C)[C@H](NC(=O)c2ccc(N3CCN(CCOc4ccc5c(c4)C(=O)N(C4CCC(=O)NC4=O)C5)CC3)cc2)C(C)(C)[C@H]1Oc1ccc(C#N)c(Cl)c1. The van der Waals surface area contributed by atoms with Crippen molar-refractivity contribution in [2.75, 3.05) is 44.2 Å². The maximum absolute atomic E-state index is 13.4. The van der Waals surface area contributed by atoms with Gasteiger partial charge in [0.25, 0.3) is 11.8 Å². The van der Waals surface area contributed by atoms with Gasteiger partial charge < -0.3 is 24.6 Å². The van der Waals surface area contributed by atoms with Crippen LogP contribution >= 0.6 is 11.6 Å². The molecule has 4 amide bonds. The predicted molar refractivity (Wildman–Crippen MR) is 202 cm³/mol. The molecule has 1 atom stereocenters. The summed E-state index contributed by atoms with van der Waals surface area (Å²) in [6, 6.07) is 19.6. The lowest BCUT2D eigenvalue weighted by molar-refractivity contribution is -0.164. The molecule has 1 saturated carbocycles. The molecule has 1 aliphatic carbocycles. The maximum atomic E-state index is 13.4. The third-order valence-electron chi connectivity index (χ3n) is 11.5. The zero-order valence-electron chi connectivity index (χ0n) is 31.0. The number of nitrogens with zero attached hydrogens (tertiary/aromatic N) is 4. The number of nitrogens with one attached hydrogen (secondary N) is 2. The molecule has 3 fully saturated rings. The number of carbonyl (C=O) groups excluding carboxylic acids is 4. The first-order chi connectivity index (χ1) is 25.8. The molecule has 3 heterocycles. The van der Waals surface area contributed by atoms with Gasteiger partial charge in [-0.05, 0) is 60.5 Å². The molecule has 1 unspecified atom stereocenters. The Kier molecular flexibility index (Phi) is 10.1. The standard InChI is InChI=1S/C41H45ClN6O6/c1-40(2)38(41(3,4)39(40)54-30-12-7-26(23-43)32(42)22-30)45-35(50)25-5-9-28(10-6-25)47-17-15-46(16-18-47)19-20-53-29-11-8-27-24-48(37(52)31(27)21-29)33-13-14-34(49)44-36(33)51/h5-12,21-22,33,38-39H,13-20,24H2,1-4H3,(H,45,50)(H,44,49,51)/t33?,38-,39-. The summed E-state index contributed by atoms with van der Waals surface area (Å²) in [7, 11) is 0. The first-order valence-electron chi connectivity index (χ1n) is 18.4. The number of nitriles is 1. The monoisotopic (exact) mass is 752 g/mol. The quantitative estimate of drug-likeness (QED) is 0.280. The summed E-state index contributed by atoms with van der Waals surface area (Å²) in [6.45, 7) is 13.3. The zero-order chi connectivity index (χ0) is 38.4. The van der Waals surface area contributed by atoms with Crippen LogP contribution in [-0.4, -0.2) is 90.9 Å². The van der Waals surface area contributed by atoms with E-state index in [4.69, 9.17) is 21.1 Å². The molecule has 13 heteroatoms. The van der Waals surface area contributed by atoms with Crippen molar-refractivity contribution in [1.29, 1.82) is 5.26 Å². The second kappa shape index (κ2) is 14.6. The van der Waals surface area contributed by atoms with E-state index in [1.165, 1.54) is 0 Å². The second-order valence-corrected chi connectivity index (χ2v) is 16.2. The predicted octanol–water partition coefficient (Wildman–Crippen LogP) is 4.79. The Labute approximate surface area is 320 Å². The van der Waals surface area contributed by atoms with Crippen LogP contribution in [0.1, 0.15) is 72.4 Å². The summed E-state index contributed by atoms with van der Waals surface area (Å²) in [4.78, 5) is 56.7. The van der Waals surface area contributed by atoms with Gasteiger partial charge in [-0.2, -0.15) is 5.26 Å². The summed E-state index contributed by atoms with van der Waals surface area (Å²) in [5.41, 5.74) is 2.73. The van der Waals surface area contributed by atoms with Crippen LogP contribution in [0.2, 0.25) is 5.02 Å². The van der Waals surface area contributed by atoms with Crippen molar-refractivity contribution in [1.82, 2.24) is 20.4 Å². The topological polar surface area (TPSA) is 144 Å². The number of carbonyl (C=O) groups is 4. The van der Waals surface area contributed by atoms with Crippen LogP contribution in [0.15, 0.2) is 60.7 Å². The van der Waals surface area contributed by atoms with Gasteiger partial charge in [-0.15, -0.1) is 0 Å². The number of rotatable bonds is 10. The number of hydrogen-bond acceptors (Lipinski definition) is 9. The van der Waals surface area contributed by atoms with E-state index in [1.807, 2.05) is 36.4 Å². The van der Waals surface area contributed by atoms with Crippen LogP contribution in [0, 0.1) is 22.2 Å². The highest BCUT2D eigenvalue weighted by atomic mass is 35.5. The highest BCUT2D eigenvalue weighted by Gasteiger charge is 2.64. The molecule has 2 saturated heterocycles. The molecule has 3 aromatic carbocycles. The molecule has 3 aromatic rings. The molecular formula is C41H45ClN6O6. The third kappa shape index (κ3) is 7.10. The van der Waals surface area contributed by atoms with Gasteiger partial charge in [-0.25, -0.2) is 0 Å². The number of benzene rings is 3. The number of imide groups is 1. The fourth-order valence-electron chi connectivity index (χ4n) is 8.78. The van der Waals surface area contributed by atoms with E-state index in [1.54, 1.807) is 29.2 Å². The van der Waals surface area contributed by atoms with Gasteiger partial charge in [0, 0.05) is 85.4 Å². The van der Waals surface area contributed by atoms with E-state index in [-0.39, 0.29) is 47.1 Å². The number of ether oxygens (including phenoxy) is 2. The molecule has 12 nitrogen and oxygen atoms in total. The Balaban J connectivity index is 0.860. The van der Waals surface area contributed by atoms with Crippen LogP contribution in [0.25, 0.3) is 0 Å². The lowest BCUT2D eigenvalue weighted by atomic mass is 9.49. The summed E-state index contributed by atoms with van der Waals surface area (Å²) in [5.74, 6) is 0.140. The number of anilines is 1. The second-order valence-electron chi connectivity index (χ2n) is 15.7. The molecule has 7 rings (SSSR count). The molecule has 0 radical (unpaired) electrons. The van der Waals surface area contributed by atoms with Crippen LogP contribution in [0.5, 0.6) is 11.5 Å². The molecule has 0 aromatic heterocycles. The largest absolute Gasteiger partial charge is 0.492 e. The summed E-state index contributed by atoms with van der Waals surface area (Å²) in [6.07, 6.45) is 0.373. The Morgan fingerprint density at radius 2 is 1.67 bits per heavy atom. The fraction of sp³-hybridized carbons (Fsp3) is 0.439. The third-order valence-corrected chi connectivity index (χ3v) is 11.8. The molecular weight excluding hydrogens is 708 g/mol.